The number of benzene rings is 1. The molecule has 1 aromatic rings. The van der Waals surface area contributed by atoms with Gasteiger partial charge in [-0.1, -0.05) is 0 Å². The maximum Gasteiger partial charge on any atom is 0.221 e. The van der Waals surface area contributed by atoms with Gasteiger partial charge >= 0.3 is 0 Å². The van der Waals surface area contributed by atoms with E-state index in [0.717, 1.165) is 5.69 Å². The SMILES string of the molecule is CC(=O)Nc1cc(NCCO)ccc1N. The number of hydrogen-bond acceptors (Lipinski definition) is 4. The third-order valence-electron chi connectivity index (χ3n) is 1.80. The van der Waals surface area contributed by atoms with Crippen LogP contribution in [0.1, 0.15) is 6.92 Å². The van der Waals surface area contributed by atoms with E-state index in [1.807, 2.05) is 0 Å². The molecule has 82 valence electrons. The van der Waals surface area contributed by atoms with Gasteiger partial charge < -0.3 is 21.5 Å². The lowest BCUT2D eigenvalue weighted by atomic mass is 10.2. The van der Waals surface area contributed by atoms with Crippen molar-refractivity contribution in [2.24, 2.45) is 0 Å². The van der Waals surface area contributed by atoms with E-state index in [9.17, 15) is 4.79 Å². The van der Waals surface area contributed by atoms with Crippen molar-refractivity contribution in [1.29, 1.82) is 0 Å². The number of carbonyl (C=O) groups excluding carboxylic acids is 1. The number of nitrogens with two attached hydrogens (primary N) is 1. The predicted molar refractivity (Wildman–Crippen MR) is 60.7 cm³/mol. The van der Waals surface area contributed by atoms with E-state index in [1.165, 1.54) is 6.92 Å². The van der Waals surface area contributed by atoms with Crippen LogP contribution in [0, 0.1) is 0 Å². The number of amides is 1. The van der Waals surface area contributed by atoms with Crippen LogP contribution in [-0.4, -0.2) is 24.2 Å². The fourth-order valence-corrected chi connectivity index (χ4v) is 1.16. The van der Waals surface area contributed by atoms with Gasteiger partial charge in [-0.25, -0.2) is 0 Å². The van der Waals surface area contributed by atoms with Crippen molar-refractivity contribution in [2.45, 2.75) is 6.92 Å². The van der Waals surface area contributed by atoms with Gasteiger partial charge in [0.1, 0.15) is 0 Å². The molecule has 1 amide bonds. The maximum atomic E-state index is 10.9. The number of nitrogen functional groups attached to an aromatic ring is 1. The zero-order valence-electron chi connectivity index (χ0n) is 8.58. The van der Waals surface area contributed by atoms with E-state index < -0.39 is 0 Å². The summed E-state index contributed by atoms with van der Waals surface area (Å²) < 4.78 is 0. The fourth-order valence-electron chi connectivity index (χ4n) is 1.16. The molecule has 0 aliphatic rings. The number of carbonyl (C=O) groups is 1. The van der Waals surface area contributed by atoms with Crippen LogP contribution in [0.5, 0.6) is 0 Å². The Hall–Kier alpha value is -1.75. The minimum absolute atomic E-state index is 0.0554. The number of anilines is 3. The summed E-state index contributed by atoms with van der Waals surface area (Å²) in [5.41, 5.74) is 7.57. The van der Waals surface area contributed by atoms with Crippen molar-refractivity contribution in [2.75, 3.05) is 29.5 Å². The molecule has 0 spiro atoms. The Morgan fingerprint density at radius 1 is 1.53 bits per heavy atom. The van der Waals surface area contributed by atoms with Gasteiger partial charge in [0.2, 0.25) is 5.91 Å². The van der Waals surface area contributed by atoms with Gasteiger partial charge in [-0.05, 0) is 18.2 Å². The van der Waals surface area contributed by atoms with Crippen molar-refractivity contribution < 1.29 is 9.90 Å². The summed E-state index contributed by atoms with van der Waals surface area (Å²) in [4.78, 5) is 10.9. The summed E-state index contributed by atoms with van der Waals surface area (Å²) >= 11 is 0. The van der Waals surface area contributed by atoms with Crippen LogP contribution >= 0.6 is 0 Å². The number of nitrogens with one attached hydrogen (secondary N) is 2. The molecule has 0 saturated heterocycles. The largest absolute Gasteiger partial charge is 0.397 e. The molecule has 0 saturated carbocycles. The van der Waals surface area contributed by atoms with Gasteiger partial charge in [0, 0.05) is 19.2 Å². The molecule has 15 heavy (non-hydrogen) atoms. The van der Waals surface area contributed by atoms with Crippen molar-refractivity contribution in [3.63, 3.8) is 0 Å². The second-order valence-corrected chi connectivity index (χ2v) is 3.13. The fraction of sp³-hybridized carbons (Fsp3) is 0.300. The van der Waals surface area contributed by atoms with Gasteiger partial charge in [0.15, 0.2) is 0 Å². The van der Waals surface area contributed by atoms with Gasteiger partial charge in [0.25, 0.3) is 0 Å². The minimum Gasteiger partial charge on any atom is -0.397 e. The zero-order valence-corrected chi connectivity index (χ0v) is 8.58. The van der Waals surface area contributed by atoms with E-state index >= 15 is 0 Å². The summed E-state index contributed by atoms with van der Waals surface area (Å²) in [6.45, 7) is 1.94. The smallest absolute Gasteiger partial charge is 0.221 e. The Labute approximate surface area is 88.3 Å². The number of aliphatic hydroxyl groups is 1. The highest BCUT2D eigenvalue weighted by Gasteiger charge is 2.02. The Balaban J connectivity index is 2.80. The Morgan fingerprint density at radius 2 is 2.27 bits per heavy atom. The van der Waals surface area contributed by atoms with E-state index in [4.69, 9.17) is 10.8 Å². The van der Waals surface area contributed by atoms with Crippen LogP contribution in [0.25, 0.3) is 0 Å². The van der Waals surface area contributed by atoms with Crippen LogP contribution in [0.15, 0.2) is 18.2 Å². The standard InChI is InChI=1S/C10H15N3O2/c1-7(15)13-10-6-8(12-4-5-14)2-3-9(10)11/h2-3,6,12,14H,4-5,11H2,1H3,(H,13,15). The molecule has 1 rings (SSSR count). The monoisotopic (exact) mass is 209 g/mol. The molecule has 5 nitrogen and oxygen atoms in total. The van der Waals surface area contributed by atoms with Gasteiger partial charge in [-0.15, -0.1) is 0 Å². The highest BCUT2D eigenvalue weighted by molar-refractivity contribution is 5.93. The van der Waals surface area contributed by atoms with Gasteiger partial charge in [-0.2, -0.15) is 0 Å². The minimum atomic E-state index is -0.166. The van der Waals surface area contributed by atoms with Crippen molar-refractivity contribution >= 4 is 23.0 Å². The molecule has 5 heteroatoms. The number of rotatable bonds is 4. The van der Waals surface area contributed by atoms with E-state index in [-0.39, 0.29) is 12.5 Å². The molecule has 0 unspecified atom stereocenters. The van der Waals surface area contributed by atoms with Gasteiger partial charge in [0.05, 0.1) is 18.0 Å². The third kappa shape index (κ3) is 3.47. The van der Waals surface area contributed by atoms with E-state index in [1.54, 1.807) is 18.2 Å². The first-order valence-corrected chi connectivity index (χ1v) is 4.65. The summed E-state index contributed by atoms with van der Waals surface area (Å²) in [6, 6.07) is 5.22. The van der Waals surface area contributed by atoms with Crippen LogP contribution in [0.3, 0.4) is 0 Å². The second-order valence-electron chi connectivity index (χ2n) is 3.13. The Morgan fingerprint density at radius 3 is 2.87 bits per heavy atom. The predicted octanol–water partition coefficient (Wildman–Crippen LogP) is 0.631. The molecule has 0 radical (unpaired) electrons. The molecule has 5 N–H and O–H groups in total. The molecule has 0 bridgehead atoms. The average Bonchev–Trinajstić information content (AvgIpc) is 2.18. The quantitative estimate of drug-likeness (QED) is 0.548. The molecule has 0 heterocycles. The Kier molecular flexibility index (Phi) is 3.93. The second kappa shape index (κ2) is 5.21. The van der Waals surface area contributed by atoms with Crippen LogP contribution in [-0.2, 0) is 4.79 Å². The molecule has 0 fully saturated rings. The molecular formula is C10H15N3O2. The summed E-state index contributed by atoms with van der Waals surface area (Å²) in [7, 11) is 0. The van der Waals surface area contributed by atoms with Crippen molar-refractivity contribution in [1.82, 2.24) is 0 Å². The van der Waals surface area contributed by atoms with Crippen LogP contribution in [0.2, 0.25) is 0 Å². The van der Waals surface area contributed by atoms with Crippen LogP contribution < -0.4 is 16.4 Å². The highest BCUT2D eigenvalue weighted by atomic mass is 16.3. The summed E-state index contributed by atoms with van der Waals surface area (Å²) in [6.07, 6.45) is 0. The number of hydrogen-bond donors (Lipinski definition) is 4. The normalized spacial score (nSPS) is 9.73. The van der Waals surface area contributed by atoms with Gasteiger partial charge in [-0.3, -0.25) is 4.79 Å². The third-order valence-corrected chi connectivity index (χ3v) is 1.80. The first kappa shape index (κ1) is 11.3. The van der Waals surface area contributed by atoms with E-state index in [0.29, 0.717) is 17.9 Å². The first-order chi connectivity index (χ1) is 7.13. The Bertz CT molecular complexity index is 353. The lowest BCUT2D eigenvalue weighted by Gasteiger charge is -2.10. The lowest BCUT2D eigenvalue weighted by molar-refractivity contribution is -0.114. The lowest BCUT2D eigenvalue weighted by Crippen LogP contribution is -2.10. The average molecular weight is 209 g/mol. The molecule has 0 atom stereocenters. The molecule has 1 aromatic carbocycles. The molecule has 0 aromatic heterocycles. The highest BCUT2D eigenvalue weighted by Crippen LogP contribution is 2.22. The number of aliphatic hydroxyl groups excluding tert-OH is 1. The molecular weight excluding hydrogens is 194 g/mol. The topological polar surface area (TPSA) is 87.4 Å². The van der Waals surface area contributed by atoms with Crippen molar-refractivity contribution in [3.8, 4) is 0 Å². The maximum absolute atomic E-state index is 10.9. The van der Waals surface area contributed by atoms with E-state index in [2.05, 4.69) is 10.6 Å². The summed E-state index contributed by atoms with van der Waals surface area (Å²) in [5, 5.41) is 14.2. The van der Waals surface area contributed by atoms with Crippen molar-refractivity contribution in [3.05, 3.63) is 18.2 Å². The zero-order chi connectivity index (χ0) is 11.3. The summed E-state index contributed by atoms with van der Waals surface area (Å²) in [5.74, 6) is -0.166. The van der Waals surface area contributed by atoms with Crippen LogP contribution in [0.4, 0.5) is 17.1 Å². The molecule has 0 aliphatic carbocycles. The first-order valence-electron chi connectivity index (χ1n) is 4.65. The molecule has 0 aliphatic heterocycles.